The summed E-state index contributed by atoms with van der Waals surface area (Å²) in [6.45, 7) is 6.55. The molecule has 0 spiro atoms. The molecule has 1 unspecified atom stereocenters. The number of hydrogen-bond donors (Lipinski definition) is 0. The Morgan fingerprint density at radius 3 is 0.785 bits per heavy atom. The maximum Gasteiger partial charge on any atom is 0.306 e. The summed E-state index contributed by atoms with van der Waals surface area (Å²) >= 11 is 0. The van der Waals surface area contributed by atoms with E-state index in [1.807, 2.05) is 0 Å². The Labute approximate surface area is 490 Å². The summed E-state index contributed by atoms with van der Waals surface area (Å²) in [4.78, 5) is 38.4. The van der Waals surface area contributed by atoms with E-state index in [2.05, 4.69) is 106 Å². The first-order valence-electron chi connectivity index (χ1n) is 34.1. The van der Waals surface area contributed by atoms with E-state index in [9.17, 15) is 14.4 Å². The average molecular weight is 1100 g/mol. The van der Waals surface area contributed by atoms with E-state index in [0.717, 1.165) is 96.3 Å². The third-order valence-corrected chi connectivity index (χ3v) is 14.9. The number of carbonyl (C=O) groups is 3. The lowest BCUT2D eigenvalue weighted by Gasteiger charge is -2.18. The number of allylic oxidation sites excluding steroid dienone is 14. The molecular formula is C73H128O6. The predicted octanol–water partition coefficient (Wildman–Crippen LogP) is 23.4. The minimum absolute atomic E-state index is 0.0803. The Balaban J connectivity index is 4.37. The summed E-state index contributed by atoms with van der Waals surface area (Å²) in [5.41, 5.74) is 0. The maximum absolute atomic E-state index is 12.9. The fourth-order valence-electron chi connectivity index (χ4n) is 9.76. The third-order valence-electron chi connectivity index (χ3n) is 14.9. The van der Waals surface area contributed by atoms with Gasteiger partial charge in [-0.25, -0.2) is 0 Å². The summed E-state index contributed by atoms with van der Waals surface area (Å²) < 4.78 is 17.0. The molecule has 79 heavy (non-hydrogen) atoms. The van der Waals surface area contributed by atoms with Crippen LogP contribution >= 0.6 is 0 Å². The van der Waals surface area contributed by atoms with Crippen molar-refractivity contribution < 1.29 is 28.6 Å². The normalized spacial score (nSPS) is 12.6. The lowest BCUT2D eigenvalue weighted by molar-refractivity contribution is -0.167. The van der Waals surface area contributed by atoms with Crippen molar-refractivity contribution in [1.29, 1.82) is 0 Å². The molecule has 0 N–H and O–H groups in total. The molecule has 6 nitrogen and oxygen atoms in total. The van der Waals surface area contributed by atoms with E-state index in [-0.39, 0.29) is 31.1 Å². The summed E-state index contributed by atoms with van der Waals surface area (Å²) in [6.07, 6.45) is 88.7. The molecule has 0 aliphatic heterocycles. The maximum atomic E-state index is 12.9. The minimum atomic E-state index is -0.785. The highest BCUT2D eigenvalue weighted by Gasteiger charge is 2.19. The van der Waals surface area contributed by atoms with Crippen LogP contribution in [0.1, 0.15) is 342 Å². The first-order valence-corrected chi connectivity index (χ1v) is 34.1. The van der Waals surface area contributed by atoms with Crippen LogP contribution in [0.3, 0.4) is 0 Å². The van der Waals surface area contributed by atoms with E-state index in [0.29, 0.717) is 19.3 Å². The van der Waals surface area contributed by atoms with Crippen molar-refractivity contribution in [1.82, 2.24) is 0 Å². The Morgan fingerprint density at radius 2 is 0.494 bits per heavy atom. The predicted molar refractivity (Wildman–Crippen MR) is 344 cm³/mol. The van der Waals surface area contributed by atoms with Gasteiger partial charge >= 0.3 is 17.9 Å². The minimum Gasteiger partial charge on any atom is -0.462 e. The summed E-state index contributed by atoms with van der Waals surface area (Å²) in [5.74, 6) is -0.878. The molecule has 0 heterocycles. The summed E-state index contributed by atoms with van der Waals surface area (Å²) in [5, 5.41) is 0. The highest BCUT2D eigenvalue weighted by atomic mass is 16.6. The zero-order valence-electron chi connectivity index (χ0n) is 52.4. The molecule has 0 aromatic rings. The van der Waals surface area contributed by atoms with Gasteiger partial charge in [0.25, 0.3) is 0 Å². The van der Waals surface area contributed by atoms with Gasteiger partial charge in [0.1, 0.15) is 13.2 Å². The quantitative estimate of drug-likeness (QED) is 0.0261. The standard InChI is InChI=1S/C73H128O6/c1-4-7-10-13-16-19-22-25-28-31-34-35-36-37-38-39-40-43-45-48-51-54-57-60-63-66-72(75)78-69-70(79-73(76)67-64-61-58-55-52-49-46-42-33-30-27-24-21-18-15-12-9-6-3)68-77-71(74)65-62-59-56-53-50-47-44-41-32-29-26-23-20-17-14-11-8-5-2/h7,10,16,19,25,28-30,32-35,37-38,70H,4-6,8-9,11-15,17-18,20-24,26-27,31,36,39-69H2,1-3H3/b10-7-,19-16-,28-25-,32-29-,33-30-,35-34-,38-37-. The van der Waals surface area contributed by atoms with Crippen molar-refractivity contribution >= 4 is 17.9 Å². The number of ether oxygens (including phenoxy) is 3. The van der Waals surface area contributed by atoms with Crippen molar-refractivity contribution in [2.75, 3.05) is 13.2 Å². The molecule has 0 radical (unpaired) electrons. The topological polar surface area (TPSA) is 78.9 Å². The van der Waals surface area contributed by atoms with Crippen LogP contribution in [0.5, 0.6) is 0 Å². The van der Waals surface area contributed by atoms with Gasteiger partial charge < -0.3 is 14.2 Å². The molecule has 0 bridgehead atoms. The summed E-state index contributed by atoms with van der Waals surface area (Å²) in [7, 11) is 0. The number of carbonyl (C=O) groups excluding carboxylic acids is 3. The van der Waals surface area contributed by atoms with Gasteiger partial charge in [0.05, 0.1) is 0 Å². The van der Waals surface area contributed by atoms with Crippen molar-refractivity contribution in [2.45, 2.75) is 348 Å². The van der Waals surface area contributed by atoms with Crippen molar-refractivity contribution in [2.24, 2.45) is 0 Å². The lowest BCUT2D eigenvalue weighted by atomic mass is 10.1. The van der Waals surface area contributed by atoms with Crippen LogP contribution in [0.15, 0.2) is 85.1 Å². The third kappa shape index (κ3) is 65.3. The van der Waals surface area contributed by atoms with Crippen LogP contribution < -0.4 is 0 Å². The second-order valence-corrected chi connectivity index (χ2v) is 22.7. The van der Waals surface area contributed by atoms with Crippen LogP contribution in [-0.2, 0) is 28.6 Å². The van der Waals surface area contributed by atoms with Gasteiger partial charge in [0.15, 0.2) is 6.10 Å². The SMILES string of the molecule is CC/C=C\C/C=C\C/C=C\C/C=C\C/C=C\CCCCCCCCCCCC(=O)OCC(COC(=O)CCCCCCCCC/C=C\CCCCCCCCC)OC(=O)CCCCCCCCC/C=C\CCCCCCCCC. The number of hydrogen-bond acceptors (Lipinski definition) is 6. The first-order chi connectivity index (χ1) is 39.0. The van der Waals surface area contributed by atoms with Gasteiger partial charge in [0, 0.05) is 19.3 Å². The van der Waals surface area contributed by atoms with E-state index in [4.69, 9.17) is 14.2 Å². The van der Waals surface area contributed by atoms with E-state index in [1.54, 1.807) is 0 Å². The largest absolute Gasteiger partial charge is 0.462 e. The molecule has 0 aromatic heterocycles. The molecule has 0 aromatic carbocycles. The van der Waals surface area contributed by atoms with Crippen LogP contribution in [0.25, 0.3) is 0 Å². The molecule has 1 atom stereocenters. The molecule has 0 aliphatic rings. The van der Waals surface area contributed by atoms with Gasteiger partial charge in [-0.3, -0.25) is 14.4 Å². The number of unbranched alkanes of at least 4 members (excludes halogenated alkanes) is 37. The number of rotatable bonds is 62. The van der Waals surface area contributed by atoms with Gasteiger partial charge in [-0.1, -0.05) is 292 Å². The first kappa shape index (κ1) is 75.6. The molecule has 0 fully saturated rings. The molecule has 0 aliphatic carbocycles. The Hall–Kier alpha value is -3.41. The van der Waals surface area contributed by atoms with Gasteiger partial charge in [-0.05, 0) is 116 Å². The van der Waals surface area contributed by atoms with Crippen LogP contribution in [0.2, 0.25) is 0 Å². The second kappa shape index (κ2) is 67.1. The van der Waals surface area contributed by atoms with E-state index < -0.39 is 6.10 Å². The van der Waals surface area contributed by atoms with Crippen LogP contribution in [0, 0.1) is 0 Å². The van der Waals surface area contributed by atoms with E-state index >= 15 is 0 Å². The molecule has 0 saturated heterocycles. The van der Waals surface area contributed by atoms with Gasteiger partial charge in [-0.2, -0.15) is 0 Å². The average Bonchev–Trinajstić information content (AvgIpc) is 3.45. The highest BCUT2D eigenvalue weighted by Crippen LogP contribution is 2.17. The van der Waals surface area contributed by atoms with Crippen molar-refractivity contribution in [3.8, 4) is 0 Å². The fourth-order valence-corrected chi connectivity index (χ4v) is 9.76. The molecule has 0 saturated carbocycles. The molecule has 6 heteroatoms. The monoisotopic (exact) mass is 1100 g/mol. The van der Waals surface area contributed by atoms with E-state index in [1.165, 1.54) is 205 Å². The molecular weight excluding hydrogens is 973 g/mol. The Kier molecular flexibility index (Phi) is 64.2. The van der Waals surface area contributed by atoms with Crippen molar-refractivity contribution in [3.05, 3.63) is 85.1 Å². The molecule has 0 amide bonds. The Bertz CT molecular complexity index is 1500. The van der Waals surface area contributed by atoms with Crippen LogP contribution in [0.4, 0.5) is 0 Å². The van der Waals surface area contributed by atoms with Gasteiger partial charge in [-0.15, -0.1) is 0 Å². The molecule has 0 rings (SSSR count). The Morgan fingerprint density at radius 1 is 0.266 bits per heavy atom. The zero-order valence-corrected chi connectivity index (χ0v) is 52.4. The van der Waals surface area contributed by atoms with Crippen LogP contribution in [-0.4, -0.2) is 37.2 Å². The number of esters is 3. The highest BCUT2D eigenvalue weighted by molar-refractivity contribution is 5.71. The van der Waals surface area contributed by atoms with Gasteiger partial charge in [0.2, 0.25) is 0 Å². The second-order valence-electron chi connectivity index (χ2n) is 22.7. The molecule has 456 valence electrons. The zero-order chi connectivity index (χ0) is 57.1. The fraction of sp³-hybridized carbons (Fsp3) is 0.767. The summed E-state index contributed by atoms with van der Waals surface area (Å²) in [6, 6.07) is 0. The van der Waals surface area contributed by atoms with Crippen molar-refractivity contribution in [3.63, 3.8) is 0 Å². The smallest absolute Gasteiger partial charge is 0.306 e. The lowest BCUT2D eigenvalue weighted by Crippen LogP contribution is -2.30.